The number of hydrogen-bond acceptors (Lipinski definition) is 3. The van der Waals surface area contributed by atoms with Crippen LogP contribution in [0.15, 0.2) is 16.8 Å². The number of nitrogens with zero attached hydrogens (tertiary/aromatic N) is 1. The van der Waals surface area contributed by atoms with Crippen LogP contribution >= 0.6 is 11.3 Å². The van der Waals surface area contributed by atoms with Gasteiger partial charge in [-0.1, -0.05) is 19.8 Å². The van der Waals surface area contributed by atoms with Crippen LogP contribution in [0.1, 0.15) is 51.0 Å². The average Bonchev–Trinajstić information content (AvgIpc) is 3.07. The Kier molecular flexibility index (Phi) is 3.97. The lowest BCUT2D eigenvalue weighted by Gasteiger charge is -2.40. The van der Waals surface area contributed by atoms with Crippen molar-refractivity contribution in [1.29, 1.82) is 0 Å². The van der Waals surface area contributed by atoms with Crippen molar-refractivity contribution in [2.24, 2.45) is 11.7 Å². The molecular weight excluding hydrogens is 252 g/mol. The van der Waals surface area contributed by atoms with Crippen LogP contribution in [0.2, 0.25) is 0 Å². The SMILES string of the molecule is CC1CCCC(N)(CN(Cc2ccsc2)C2CC2)C1. The zero-order chi connectivity index (χ0) is 13.3. The van der Waals surface area contributed by atoms with E-state index in [-0.39, 0.29) is 5.54 Å². The Morgan fingerprint density at radius 2 is 2.26 bits per heavy atom. The van der Waals surface area contributed by atoms with Crippen LogP contribution in [0.3, 0.4) is 0 Å². The molecule has 1 aromatic heterocycles. The molecule has 2 atom stereocenters. The fourth-order valence-corrected chi connectivity index (χ4v) is 4.28. The average molecular weight is 278 g/mol. The van der Waals surface area contributed by atoms with Crippen LogP contribution in [0.4, 0.5) is 0 Å². The summed E-state index contributed by atoms with van der Waals surface area (Å²) in [5.41, 5.74) is 8.23. The predicted molar refractivity (Wildman–Crippen MR) is 82.3 cm³/mol. The highest BCUT2D eigenvalue weighted by Crippen LogP contribution is 2.35. The molecule has 2 nitrogen and oxygen atoms in total. The molecule has 0 aliphatic heterocycles. The van der Waals surface area contributed by atoms with Crippen LogP contribution in [-0.2, 0) is 6.54 Å². The summed E-state index contributed by atoms with van der Waals surface area (Å²) >= 11 is 1.80. The minimum absolute atomic E-state index is 0.0658. The van der Waals surface area contributed by atoms with E-state index in [2.05, 4.69) is 28.7 Å². The van der Waals surface area contributed by atoms with Crippen molar-refractivity contribution in [1.82, 2.24) is 4.90 Å². The summed E-state index contributed by atoms with van der Waals surface area (Å²) in [7, 11) is 0. The van der Waals surface area contributed by atoms with Gasteiger partial charge in [0.2, 0.25) is 0 Å². The molecule has 0 amide bonds. The lowest BCUT2D eigenvalue weighted by atomic mass is 9.76. The Bertz CT molecular complexity index is 399. The first-order chi connectivity index (χ1) is 9.15. The first-order valence-electron chi connectivity index (χ1n) is 7.69. The van der Waals surface area contributed by atoms with E-state index in [1.54, 1.807) is 11.3 Å². The Morgan fingerprint density at radius 1 is 1.42 bits per heavy atom. The lowest BCUT2D eigenvalue weighted by molar-refractivity contribution is 0.139. The molecule has 3 heteroatoms. The highest BCUT2D eigenvalue weighted by atomic mass is 32.1. The van der Waals surface area contributed by atoms with E-state index in [1.165, 1.54) is 44.1 Å². The maximum Gasteiger partial charge on any atom is 0.0286 e. The first kappa shape index (κ1) is 13.6. The third kappa shape index (κ3) is 3.59. The molecule has 0 bridgehead atoms. The minimum Gasteiger partial charge on any atom is -0.324 e. The molecule has 2 aliphatic carbocycles. The van der Waals surface area contributed by atoms with E-state index in [4.69, 9.17) is 5.73 Å². The Balaban J connectivity index is 1.64. The maximum absolute atomic E-state index is 6.71. The molecule has 0 radical (unpaired) electrons. The monoisotopic (exact) mass is 278 g/mol. The normalized spacial score (nSPS) is 31.8. The topological polar surface area (TPSA) is 29.3 Å². The standard InChI is InChI=1S/C16H26N2S/c1-13-3-2-7-16(17,9-13)12-18(15-4-5-15)10-14-6-8-19-11-14/h6,8,11,13,15H,2-5,7,9-10,12,17H2,1H3. The molecule has 3 rings (SSSR count). The van der Waals surface area contributed by atoms with Gasteiger partial charge < -0.3 is 5.73 Å². The van der Waals surface area contributed by atoms with Crippen LogP contribution < -0.4 is 5.73 Å². The van der Waals surface area contributed by atoms with Gasteiger partial charge in [-0.15, -0.1) is 0 Å². The van der Waals surface area contributed by atoms with Crippen molar-refractivity contribution in [3.8, 4) is 0 Å². The fourth-order valence-electron chi connectivity index (χ4n) is 3.62. The third-order valence-corrected chi connectivity index (χ3v) is 5.41. The van der Waals surface area contributed by atoms with Gasteiger partial charge in [0.15, 0.2) is 0 Å². The largest absolute Gasteiger partial charge is 0.324 e. The second kappa shape index (κ2) is 5.55. The number of thiophene rings is 1. The highest BCUT2D eigenvalue weighted by molar-refractivity contribution is 7.07. The molecule has 2 aliphatic rings. The zero-order valence-corrected chi connectivity index (χ0v) is 12.8. The molecule has 2 saturated carbocycles. The van der Waals surface area contributed by atoms with E-state index in [0.717, 1.165) is 25.0 Å². The molecule has 1 heterocycles. The first-order valence-corrected chi connectivity index (χ1v) is 8.63. The highest BCUT2D eigenvalue weighted by Gasteiger charge is 2.37. The van der Waals surface area contributed by atoms with E-state index in [0.29, 0.717) is 0 Å². The molecule has 0 aromatic carbocycles. The van der Waals surface area contributed by atoms with Gasteiger partial charge in [-0.3, -0.25) is 4.90 Å². The Labute approximate surface area is 121 Å². The van der Waals surface area contributed by atoms with Gasteiger partial charge in [-0.2, -0.15) is 11.3 Å². The van der Waals surface area contributed by atoms with Crippen LogP contribution in [0.5, 0.6) is 0 Å². The molecule has 0 saturated heterocycles. The summed E-state index contributed by atoms with van der Waals surface area (Å²) in [6.45, 7) is 4.56. The Hall–Kier alpha value is -0.380. The van der Waals surface area contributed by atoms with Gasteiger partial charge in [0.1, 0.15) is 0 Å². The number of hydrogen-bond donors (Lipinski definition) is 1. The molecule has 2 unspecified atom stereocenters. The van der Waals surface area contributed by atoms with Crippen molar-refractivity contribution in [3.63, 3.8) is 0 Å². The van der Waals surface area contributed by atoms with Gasteiger partial charge in [0.25, 0.3) is 0 Å². The van der Waals surface area contributed by atoms with Crippen molar-refractivity contribution >= 4 is 11.3 Å². The van der Waals surface area contributed by atoms with Crippen LogP contribution in [0.25, 0.3) is 0 Å². The summed E-state index contributed by atoms with van der Waals surface area (Å²) in [6.07, 6.45) is 7.84. The lowest BCUT2D eigenvalue weighted by Crippen LogP contribution is -2.53. The quantitative estimate of drug-likeness (QED) is 0.891. The van der Waals surface area contributed by atoms with Gasteiger partial charge in [-0.25, -0.2) is 0 Å². The van der Waals surface area contributed by atoms with E-state index < -0.39 is 0 Å². The van der Waals surface area contributed by atoms with Crippen molar-refractivity contribution in [3.05, 3.63) is 22.4 Å². The fraction of sp³-hybridized carbons (Fsp3) is 0.750. The third-order valence-electron chi connectivity index (χ3n) is 4.67. The van der Waals surface area contributed by atoms with Gasteiger partial charge in [0, 0.05) is 24.7 Å². The summed E-state index contributed by atoms with van der Waals surface area (Å²) in [5, 5.41) is 4.46. The summed E-state index contributed by atoms with van der Waals surface area (Å²) in [6, 6.07) is 3.06. The van der Waals surface area contributed by atoms with Crippen molar-refractivity contribution in [2.45, 2.75) is 63.6 Å². The van der Waals surface area contributed by atoms with E-state index in [1.807, 2.05) is 0 Å². The van der Waals surface area contributed by atoms with Gasteiger partial charge in [0.05, 0.1) is 0 Å². The van der Waals surface area contributed by atoms with Crippen molar-refractivity contribution < 1.29 is 0 Å². The van der Waals surface area contributed by atoms with Crippen LogP contribution in [-0.4, -0.2) is 23.0 Å². The number of rotatable bonds is 5. The van der Waals surface area contributed by atoms with Gasteiger partial charge in [-0.05, 0) is 54.0 Å². The van der Waals surface area contributed by atoms with Crippen LogP contribution in [0, 0.1) is 5.92 Å². The molecule has 106 valence electrons. The molecule has 2 fully saturated rings. The second-order valence-corrected chi connectivity index (χ2v) is 7.61. The summed E-state index contributed by atoms with van der Waals surface area (Å²) < 4.78 is 0. The Morgan fingerprint density at radius 3 is 2.89 bits per heavy atom. The molecule has 0 spiro atoms. The number of nitrogens with two attached hydrogens (primary N) is 1. The summed E-state index contributed by atoms with van der Waals surface area (Å²) in [4.78, 5) is 2.65. The molecule has 1 aromatic rings. The van der Waals surface area contributed by atoms with E-state index >= 15 is 0 Å². The maximum atomic E-state index is 6.71. The predicted octanol–water partition coefficient (Wildman–Crippen LogP) is 3.62. The minimum atomic E-state index is 0.0658. The smallest absolute Gasteiger partial charge is 0.0286 e. The molecule has 2 N–H and O–H groups in total. The van der Waals surface area contributed by atoms with E-state index in [9.17, 15) is 0 Å². The molecule has 19 heavy (non-hydrogen) atoms. The molecular formula is C16H26N2S. The van der Waals surface area contributed by atoms with Crippen molar-refractivity contribution in [2.75, 3.05) is 6.54 Å². The second-order valence-electron chi connectivity index (χ2n) is 6.83. The zero-order valence-electron chi connectivity index (χ0n) is 12.0. The summed E-state index contributed by atoms with van der Waals surface area (Å²) in [5.74, 6) is 0.806. The van der Waals surface area contributed by atoms with Gasteiger partial charge >= 0.3 is 0 Å².